The lowest BCUT2D eigenvalue weighted by atomic mass is 10.3. The van der Waals surface area contributed by atoms with Crippen LogP contribution in [0.3, 0.4) is 0 Å². The van der Waals surface area contributed by atoms with Crippen molar-refractivity contribution in [3.63, 3.8) is 0 Å². The van der Waals surface area contributed by atoms with Crippen molar-refractivity contribution in [3.8, 4) is 0 Å². The monoisotopic (exact) mass is 255 g/mol. The summed E-state index contributed by atoms with van der Waals surface area (Å²) in [5, 5.41) is 10.9. The second-order valence-electron chi connectivity index (χ2n) is 2.49. The fourth-order valence-electron chi connectivity index (χ4n) is 0.876. The van der Waals surface area contributed by atoms with E-state index in [4.69, 9.17) is 0 Å². The summed E-state index contributed by atoms with van der Waals surface area (Å²) in [4.78, 5) is 0. The number of nitrogens with zero attached hydrogens (tertiary/aromatic N) is 1. The maximum absolute atomic E-state index is 12.2. The Kier molecular flexibility index (Phi) is 2.51. The normalized spacial score (nSPS) is 11.8. The molecule has 0 radical (unpaired) electrons. The fourth-order valence-corrected chi connectivity index (χ4v) is 1.42. The Balaban J connectivity index is 3.37. The van der Waals surface area contributed by atoms with Gasteiger partial charge < -0.3 is 5.21 Å². The van der Waals surface area contributed by atoms with Gasteiger partial charge in [-0.1, -0.05) is 15.9 Å². The predicted octanol–water partition coefficient (Wildman–Crippen LogP) is 2.41. The maximum Gasteiger partial charge on any atom is 0.478 e. The van der Waals surface area contributed by atoms with E-state index in [-0.39, 0.29) is 14.9 Å². The lowest BCUT2D eigenvalue weighted by Crippen LogP contribution is -2.39. The van der Waals surface area contributed by atoms with Gasteiger partial charge in [-0.05, 0) is 0 Å². The Morgan fingerprint density at radius 2 is 1.92 bits per heavy atom. The van der Waals surface area contributed by atoms with Crippen LogP contribution in [-0.2, 0) is 6.18 Å². The van der Waals surface area contributed by atoms with Crippen LogP contribution >= 0.6 is 15.9 Å². The lowest BCUT2D eigenvalue weighted by Gasteiger charge is -2.09. The predicted molar refractivity (Wildman–Crippen MR) is 42.8 cm³/mol. The van der Waals surface area contributed by atoms with E-state index in [0.717, 1.165) is 6.07 Å². The number of hydrogen-bond donors (Lipinski definition) is 0. The van der Waals surface area contributed by atoms with E-state index in [9.17, 15) is 18.4 Å². The molecule has 0 amide bonds. The first-order valence-corrected chi connectivity index (χ1v) is 4.08. The Bertz CT molecular complexity index is 337. The highest BCUT2D eigenvalue weighted by atomic mass is 79.9. The van der Waals surface area contributed by atoms with Gasteiger partial charge in [-0.15, -0.1) is 0 Å². The molecule has 0 fully saturated rings. The molecule has 0 saturated heterocycles. The molecule has 2 nitrogen and oxygen atoms in total. The van der Waals surface area contributed by atoms with Crippen molar-refractivity contribution >= 4 is 15.9 Å². The summed E-state index contributed by atoms with van der Waals surface area (Å²) < 4.78 is 36.6. The minimum absolute atomic E-state index is 0.00157. The van der Waals surface area contributed by atoms with Crippen LogP contribution in [0.4, 0.5) is 13.2 Å². The average molecular weight is 256 g/mol. The van der Waals surface area contributed by atoms with E-state index in [1.807, 2.05) is 0 Å². The fraction of sp³-hybridized carbons (Fsp3) is 0.286. The molecule has 0 aliphatic rings. The number of alkyl halides is 3. The summed E-state index contributed by atoms with van der Waals surface area (Å²) in [6.45, 7) is 1.31. The van der Waals surface area contributed by atoms with Gasteiger partial charge in [0, 0.05) is 23.5 Å². The minimum atomic E-state index is -4.61. The molecule has 0 saturated carbocycles. The highest BCUT2D eigenvalue weighted by Crippen LogP contribution is 2.28. The van der Waals surface area contributed by atoms with Gasteiger partial charge in [0.25, 0.3) is 5.69 Å². The molecule has 0 bridgehead atoms. The zero-order valence-electron chi connectivity index (χ0n) is 6.52. The second kappa shape index (κ2) is 3.17. The average Bonchev–Trinajstić information content (AvgIpc) is 1.94. The molecule has 0 aliphatic carbocycles. The quantitative estimate of drug-likeness (QED) is 0.517. The first kappa shape index (κ1) is 10.3. The molecule has 6 heteroatoms. The molecule has 0 spiro atoms. The highest BCUT2D eigenvalue weighted by Gasteiger charge is 2.40. The standard InChI is InChI=1S/C7H5BrF3NO/c1-4-2-5(8)3-6(12(4)13)7(9,10)11/h2-3H,1H3. The highest BCUT2D eigenvalue weighted by molar-refractivity contribution is 9.10. The van der Waals surface area contributed by atoms with E-state index >= 15 is 0 Å². The molecular weight excluding hydrogens is 251 g/mol. The molecule has 13 heavy (non-hydrogen) atoms. The van der Waals surface area contributed by atoms with Crippen molar-refractivity contribution in [2.45, 2.75) is 13.1 Å². The number of rotatable bonds is 0. The van der Waals surface area contributed by atoms with Gasteiger partial charge in [0.2, 0.25) is 0 Å². The van der Waals surface area contributed by atoms with Crippen LogP contribution in [0.25, 0.3) is 0 Å². The smallest absolute Gasteiger partial charge is 0.478 e. The third kappa shape index (κ3) is 2.12. The third-order valence-corrected chi connectivity index (χ3v) is 1.91. The molecule has 1 heterocycles. The topological polar surface area (TPSA) is 26.9 Å². The largest absolute Gasteiger partial charge is 0.618 e. The van der Waals surface area contributed by atoms with Crippen molar-refractivity contribution in [2.24, 2.45) is 0 Å². The third-order valence-electron chi connectivity index (χ3n) is 1.45. The van der Waals surface area contributed by atoms with Crippen LogP contribution < -0.4 is 4.73 Å². The van der Waals surface area contributed by atoms with Crippen LogP contribution in [0.1, 0.15) is 11.4 Å². The number of aryl methyl sites for hydroxylation is 1. The molecule has 0 unspecified atom stereocenters. The minimum Gasteiger partial charge on any atom is -0.618 e. The van der Waals surface area contributed by atoms with E-state index < -0.39 is 11.9 Å². The Hall–Kier alpha value is -0.780. The maximum atomic E-state index is 12.2. The van der Waals surface area contributed by atoms with Crippen LogP contribution in [-0.4, -0.2) is 0 Å². The molecule has 72 valence electrons. The van der Waals surface area contributed by atoms with Gasteiger partial charge >= 0.3 is 6.18 Å². The van der Waals surface area contributed by atoms with Gasteiger partial charge in [0.15, 0.2) is 5.69 Å². The van der Waals surface area contributed by atoms with Crippen LogP contribution in [0, 0.1) is 12.1 Å². The molecule has 0 atom stereocenters. The molecule has 1 aromatic heterocycles. The van der Waals surface area contributed by atoms with Crippen LogP contribution in [0.5, 0.6) is 0 Å². The second-order valence-corrected chi connectivity index (χ2v) is 3.41. The summed E-state index contributed by atoms with van der Waals surface area (Å²) in [6, 6.07) is 2.07. The summed E-state index contributed by atoms with van der Waals surface area (Å²) in [7, 11) is 0. The van der Waals surface area contributed by atoms with E-state index in [0.29, 0.717) is 0 Å². The summed E-state index contributed by atoms with van der Waals surface area (Å²) >= 11 is 2.89. The van der Waals surface area contributed by atoms with Gasteiger partial charge in [0.05, 0.1) is 0 Å². The number of halogens is 4. The van der Waals surface area contributed by atoms with Crippen molar-refractivity contribution in [3.05, 3.63) is 33.2 Å². The number of hydrogen-bond acceptors (Lipinski definition) is 1. The molecule has 0 aromatic carbocycles. The van der Waals surface area contributed by atoms with E-state index in [2.05, 4.69) is 15.9 Å². The Morgan fingerprint density at radius 3 is 2.38 bits per heavy atom. The molecule has 1 rings (SSSR count). The van der Waals surface area contributed by atoms with Crippen molar-refractivity contribution in [1.29, 1.82) is 0 Å². The zero-order valence-corrected chi connectivity index (χ0v) is 8.11. The first-order chi connectivity index (χ1) is 5.82. The summed E-state index contributed by atoms with van der Waals surface area (Å²) in [6.07, 6.45) is -4.61. The van der Waals surface area contributed by atoms with E-state index in [1.54, 1.807) is 0 Å². The van der Waals surface area contributed by atoms with Crippen LogP contribution in [0.15, 0.2) is 16.6 Å². The van der Waals surface area contributed by atoms with Gasteiger partial charge in [0.1, 0.15) is 0 Å². The van der Waals surface area contributed by atoms with Crippen molar-refractivity contribution in [1.82, 2.24) is 0 Å². The van der Waals surface area contributed by atoms with Gasteiger partial charge in [-0.25, -0.2) is 0 Å². The molecular formula is C7H5BrF3NO. The SMILES string of the molecule is Cc1cc(Br)cc(C(F)(F)F)[n+]1[O-]. The zero-order chi connectivity index (χ0) is 10.2. The first-order valence-electron chi connectivity index (χ1n) is 3.29. The number of aromatic nitrogens is 1. The van der Waals surface area contributed by atoms with Crippen LogP contribution in [0.2, 0.25) is 0 Å². The Labute approximate surface area is 80.7 Å². The Morgan fingerprint density at radius 1 is 1.38 bits per heavy atom. The summed E-state index contributed by atoms with van der Waals surface area (Å²) in [5.74, 6) is 0. The number of pyridine rings is 1. The summed E-state index contributed by atoms with van der Waals surface area (Å²) in [5.41, 5.74) is -1.21. The van der Waals surface area contributed by atoms with Gasteiger partial charge in [-0.2, -0.15) is 17.9 Å². The van der Waals surface area contributed by atoms with Gasteiger partial charge in [-0.3, -0.25) is 0 Å². The van der Waals surface area contributed by atoms with Crippen molar-refractivity contribution < 1.29 is 17.9 Å². The van der Waals surface area contributed by atoms with E-state index in [1.165, 1.54) is 13.0 Å². The molecule has 0 N–H and O–H groups in total. The lowest BCUT2D eigenvalue weighted by molar-refractivity contribution is -0.635. The molecule has 0 aliphatic heterocycles. The molecule has 1 aromatic rings. The van der Waals surface area contributed by atoms with Crippen molar-refractivity contribution in [2.75, 3.05) is 0 Å².